The highest BCUT2D eigenvalue weighted by atomic mass is 16.1. The van der Waals surface area contributed by atoms with E-state index >= 15 is 0 Å². The third-order valence-electron chi connectivity index (χ3n) is 5.11. The number of rotatable bonds is 17. The molecule has 0 unspecified atom stereocenters. The highest BCUT2D eigenvalue weighted by Crippen LogP contribution is 2.13. The van der Waals surface area contributed by atoms with Crippen LogP contribution in [0.25, 0.3) is 0 Å². The van der Waals surface area contributed by atoms with Gasteiger partial charge in [0, 0.05) is 12.8 Å². The Labute approximate surface area is 170 Å². The normalized spacial score (nSPS) is 12.3. The highest BCUT2D eigenvalue weighted by molar-refractivity contribution is 5.79. The van der Waals surface area contributed by atoms with Crippen molar-refractivity contribution in [3.8, 4) is 0 Å². The van der Waals surface area contributed by atoms with E-state index in [1.165, 1.54) is 61.7 Å². The number of carbonyl (C=O) groups is 1. The van der Waals surface area contributed by atoms with Crippen LogP contribution in [0.2, 0.25) is 0 Å². The van der Waals surface area contributed by atoms with Crippen molar-refractivity contribution < 1.29 is 4.79 Å². The number of hydrogen-bond donors (Lipinski definition) is 0. The monoisotopic (exact) mass is 374 g/mol. The van der Waals surface area contributed by atoms with Crippen LogP contribution in [0.1, 0.15) is 125 Å². The lowest BCUT2D eigenvalue weighted by molar-refractivity contribution is -0.118. The maximum Gasteiger partial charge on any atom is 0.136 e. The summed E-state index contributed by atoms with van der Waals surface area (Å²) in [6, 6.07) is 0. The lowest BCUT2D eigenvalue weighted by Gasteiger charge is -2.03. The van der Waals surface area contributed by atoms with Crippen LogP contribution in [0.5, 0.6) is 0 Å². The number of Topliss-reactive ketones (excluding diaryl/α,β-unsaturated/α-hetero) is 1. The fourth-order valence-electron chi connectivity index (χ4n) is 3.19. The summed E-state index contributed by atoms with van der Waals surface area (Å²) in [6.07, 6.45) is 23.0. The van der Waals surface area contributed by atoms with Gasteiger partial charge in [-0.1, -0.05) is 86.8 Å². The van der Waals surface area contributed by atoms with E-state index in [4.69, 9.17) is 0 Å². The lowest BCUT2D eigenvalue weighted by atomic mass is 10.0. The van der Waals surface area contributed by atoms with Gasteiger partial charge in [-0.05, 0) is 59.8 Å². The first-order valence-electron chi connectivity index (χ1n) is 11.4. The molecule has 156 valence electrons. The molecule has 0 aliphatic heterocycles. The highest BCUT2D eigenvalue weighted by Gasteiger charge is 2.00. The van der Waals surface area contributed by atoms with Gasteiger partial charge >= 0.3 is 0 Å². The van der Waals surface area contributed by atoms with Gasteiger partial charge in [-0.15, -0.1) is 0 Å². The molecule has 0 spiro atoms. The smallest absolute Gasteiger partial charge is 0.136 e. The molecule has 0 rings (SSSR count). The van der Waals surface area contributed by atoms with Crippen molar-refractivity contribution in [2.45, 2.75) is 125 Å². The summed E-state index contributed by atoms with van der Waals surface area (Å²) < 4.78 is 0. The van der Waals surface area contributed by atoms with E-state index in [0.717, 1.165) is 38.5 Å². The first-order chi connectivity index (χ1) is 13.0. The second-order valence-corrected chi connectivity index (χ2v) is 8.43. The molecule has 27 heavy (non-hydrogen) atoms. The van der Waals surface area contributed by atoms with Crippen LogP contribution in [0, 0.1) is 0 Å². The van der Waals surface area contributed by atoms with E-state index in [1.807, 2.05) is 0 Å². The average Bonchev–Trinajstić information content (AvgIpc) is 2.62. The zero-order valence-electron chi connectivity index (χ0n) is 19.0. The average molecular weight is 375 g/mol. The summed E-state index contributed by atoms with van der Waals surface area (Å²) in [7, 11) is 0. The molecule has 0 aliphatic carbocycles. The fraction of sp³-hybridized carbons (Fsp3) is 0.731. The first-order valence-corrected chi connectivity index (χ1v) is 11.4. The van der Waals surface area contributed by atoms with Crippen molar-refractivity contribution in [1.82, 2.24) is 0 Å². The maximum absolute atomic E-state index is 12.0. The van der Waals surface area contributed by atoms with Gasteiger partial charge in [0.05, 0.1) is 0 Å². The molecule has 0 heterocycles. The van der Waals surface area contributed by atoms with Crippen LogP contribution < -0.4 is 0 Å². The van der Waals surface area contributed by atoms with Gasteiger partial charge in [-0.3, -0.25) is 4.79 Å². The van der Waals surface area contributed by atoms with Crippen molar-refractivity contribution in [2.24, 2.45) is 0 Å². The summed E-state index contributed by atoms with van der Waals surface area (Å²) in [4.78, 5) is 12.0. The van der Waals surface area contributed by atoms with Gasteiger partial charge in [-0.2, -0.15) is 0 Å². The molecular formula is C26H46O. The molecule has 0 radical (unpaired) electrons. The Bertz CT molecular complexity index is 461. The summed E-state index contributed by atoms with van der Waals surface area (Å²) in [6.45, 7) is 11.0. The van der Waals surface area contributed by atoms with Crippen molar-refractivity contribution in [3.63, 3.8) is 0 Å². The quantitative estimate of drug-likeness (QED) is 0.183. The van der Waals surface area contributed by atoms with Crippen molar-refractivity contribution in [1.29, 1.82) is 0 Å². The molecule has 0 fully saturated rings. The van der Waals surface area contributed by atoms with Gasteiger partial charge in [0.25, 0.3) is 0 Å². The molecule has 0 N–H and O–H groups in total. The molecule has 0 atom stereocenters. The topological polar surface area (TPSA) is 17.1 Å². The largest absolute Gasteiger partial charge is 0.299 e. The minimum atomic E-state index is 0.411. The molecule has 0 saturated heterocycles. The minimum Gasteiger partial charge on any atom is -0.299 e. The number of carbonyl (C=O) groups excluding carboxylic acids is 1. The van der Waals surface area contributed by atoms with Gasteiger partial charge in [0.1, 0.15) is 5.78 Å². The molecular weight excluding hydrogens is 328 g/mol. The SMILES string of the molecule is CCCCCCCCCCC(=O)C/C=C(\C)CC/C=C(\C)CCC=C(C)C. The lowest BCUT2D eigenvalue weighted by Crippen LogP contribution is -1.96. The van der Waals surface area contributed by atoms with Crippen LogP contribution in [-0.4, -0.2) is 5.78 Å². The fourth-order valence-corrected chi connectivity index (χ4v) is 3.19. The number of hydrogen-bond acceptors (Lipinski definition) is 1. The summed E-state index contributed by atoms with van der Waals surface area (Å²) in [5.74, 6) is 0.411. The number of unbranched alkanes of at least 4 members (excludes halogenated alkanes) is 7. The van der Waals surface area contributed by atoms with Crippen LogP contribution in [-0.2, 0) is 4.79 Å². The van der Waals surface area contributed by atoms with Crippen molar-refractivity contribution in [3.05, 3.63) is 34.9 Å². The Hall–Kier alpha value is -1.11. The van der Waals surface area contributed by atoms with E-state index < -0.39 is 0 Å². The third-order valence-corrected chi connectivity index (χ3v) is 5.11. The van der Waals surface area contributed by atoms with Gasteiger partial charge in [0.15, 0.2) is 0 Å². The summed E-state index contributed by atoms with van der Waals surface area (Å²) in [5.41, 5.74) is 4.23. The minimum absolute atomic E-state index is 0.411. The molecule has 1 heteroatoms. The Kier molecular flexibility index (Phi) is 17.5. The van der Waals surface area contributed by atoms with Crippen molar-refractivity contribution >= 4 is 5.78 Å². The van der Waals surface area contributed by atoms with Gasteiger partial charge in [-0.25, -0.2) is 0 Å². The van der Waals surface area contributed by atoms with E-state index in [9.17, 15) is 4.79 Å². The van der Waals surface area contributed by atoms with E-state index in [1.54, 1.807) is 0 Å². The molecule has 0 aliphatic rings. The molecule has 0 aromatic carbocycles. The van der Waals surface area contributed by atoms with E-state index in [2.05, 4.69) is 52.8 Å². The molecule has 0 amide bonds. The standard InChI is InChI=1S/C26H46O/c1-6-7-8-9-10-11-12-13-20-26(27)22-21-25(5)19-15-18-24(4)17-14-16-23(2)3/h16,18,21H,6-15,17,19-20,22H2,1-5H3/b24-18+,25-21+. The first kappa shape index (κ1) is 25.9. The predicted molar refractivity (Wildman–Crippen MR) is 122 cm³/mol. The van der Waals surface area contributed by atoms with Crippen LogP contribution in [0.4, 0.5) is 0 Å². The molecule has 0 aromatic heterocycles. The second-order valence-electron chi connectivity index (χ2n) is 8.43. The van der Waals surface area contributed by atoms with Crippen LogP contribution >= 0.6 is 0 Å². The summed E-state index contributed by atoms with van der Waals surface area (Å²) in [5, 5.41) is 0. The number of ketones is 1. The molecule has 1 nitrogen and oxygen atoms in total. The van der Waals surface area contributed by atoms with E-state index in [0.29, 0.717) is 12.2 Å². The third kappa shape index (κ3) is 19.5. The Morgan fingerprint density at radius 3 is 1.74 bits per heavy atom. The maximum atomic E-state index is 12.0. The zero-order chi connectivity index (χ0) is 20.3. The van der Waals surface area contributed by atoms with Crippen LogP contribution in [0.3, 0.4) is 0 Å². The molecule has 0 saturated carbocycles. The van der Waals surface area contributed by atoms with E-state index in [-0.39, 0.29) is 0 Å². The van der Waals surface area contributed by atoms with Gasteiger partial charge < -0.3 is 0 Å². The summed E-state index contributed by atoms with van der Waals surface area (Å²) >= 11 is 0. The zero-order valence-corrected chi connectivity index (χ0v) is 19.0. The Balaban J connectivity index is 3.75. The predicted octanol–water partition coefficient (Wildman–Crippen LogP) is 8.90. The molecule has 0 aromatic rings. The number of allylic oxidation sites excluding steroid dienone is 6. The van der Waals surface area contributed by atoms with Crippen molar-refractivity contribution in [2.75, 3.05) is 0 Å². The second kappa shape index (κ2) is 18.3. The Morgan fingerprint density at radius 2 is 1.15 bits per heavy atom. The molecule has 0 bridgehead atoms. The van der Waals surface area contributed by atoms with Crippen LogP contribution in [0.15, 0.2) is 34.9 Å². The Morgan fingerprint density at radius 1 is 0.630 bits per heavy atom. The van der Waals surface area contributed by atoms with Gasteiger partial charge in [0.2, 0.25) is 0 Å².